The summed E-state index contributed by atoms with van der Waals surface area (Å²) in [6.07, 6.45) is 5.59. The van der Waals surface area contributed by atoms with Crippen LogP contribution in [0.15, 0.2) is 24.3 Å². The molecule has 0 radical (unpaired) electrons. The van der Waals surface area contributed by atoms with E-state index < -0.39 is 0 Å². The van der Waals surface area contributed by atoms with Gasteiger partial charge in [0.1, 0.15) is 0 Å². The maximum absolute atomic E-state index is 8.91. The highest BCUT2D eigenvalue weighted by Gasteiger charge is 2.25. The average Bonchev–Trinajstić information content (AvgIpc) is 2.94. The largest absolute Gasteiger partial charge is 0.396 e. The van der Waals surface area contributed by atoms with Crippen molar-refractivity contribution >= 4 is 5.69 Å². The first-order valence-corrected chi connectivity index (χ1v) is 7.35. The number of aryl methyl sites for hydroxylation is 1. The fraction of sp³-hybridized carbons (Fsp3) is 0.625. The Morgan fingerprint density at radius 3 is 2.74 bits per heavy atom. The summed E-state index contributed by atoms with van der Waals surface area (Å²) in [6, 6.07) is 8.87. The molecule has 2 N–H and O–H groups in total. The molecule has 1 aliphatic heterocycles. The molecule has 0 spiro atoms. The van der Waals surface area contributed by atoms with Gasteiger partial charge in [-0.05, 0) is 51.2 Å². The molecule has 0 aliphatic carbocycles. The van der Waals surface area contributed by atoms with Crippen LogP contribution in [0.1, 0.15) is 37.7 Å². The van der Waals surface area contributed by atoms with Gasteiger partial charge < -0.3 is 15.2 Å². The zero-order valence-electron chi connectivity index (χ0n) is 11.8. The number of rotatable bonds is 7. The number of hydrogen-bond donors (Lipinski definition) is 2. The van der Waals surface area contributed by atoms with Gasteiger partial charge in [-0.2, -0.15) is 0 Å². The molecule has 3 nitrogen and oxygen atoms in total. The Balaban J connectivity index is 1.93. The van der Waals surface area contributed by atoms with E-state index in [2.05, 4.69) is 36.5 Å². The summed E-state index contributed by atoms with van der Waals surface area (Å²) in [5.41, 5.74) is 2.44. The first kappa shape index (κ1) is 14.4. The second-order valence-electron chi connectivity index (χ2n) is 5.39. The van der Waals surface area contributed by atoms with Gasteiger partial charge in [-0.15, -0.1) is 0 Å². The summed E-state index contributed by atoms with van der Waals surface area (Å²) in [4.78, 5) is 0. The number of anilines is 1. The zero-order chi connectivity index (χ0) is 13.5. The van der Waals surface area contributed by atoms with Crippen molar-refractivity contribution in [1.82, 2.24) is 0 Å². The van der Waals surface area contributed by atoms with Crippen LogP contribution in [0.25, 0.3) is 0 Å². The van der Waals surface area contributed by atoms with Crippen LogP contribution in [-0.2, 0) is 4.74 Å². The van der Waals surface area contributed by atoms with Crippen molar-refractivity contribution < 1.29 is 9.84 Å². The van der Waals surface area contributed by atoms with E-state index in [9.17, 15) is 0 Å². The van der Waals surface area contributed by atoms with E-state index in [-0.39, 0.29) is 6.61 Å². The Morgan fingerprint density at radius 1 is 1.32 bits per heavy atom. The number of nitrogens with one attached hydrogen (secondary N) is 1. The van der Waals surface area contributed by atoms with Crippen molar-refractivity contribution in [2.24, 2.45) is 0 Å². The van der Waals surface area contributed by atoms with Crippen LogP contribution in [-0.4, -0.2) is 30.5 Å². The molecule has 1 aromatic carbocycles. The van der Waals surface area contributed by atoms with Crippen LogP contribution < -0.4 is 5.32 Å². The zero-order valence-corrected chi connectivity index (χ0v) is 11.8. The summed E-state index contributed by atoms with van der Waals surface area (Å²) >= 11 is 0. The SMILES string of the molecule is Cc1ccc(NC(CCCCO)C2CCCO2)cc1. The third-order valence-corrected chi connectivity index (χ3v) is 3.74. The van der Waals surface area contributed by atoms with Crippen molar-refractivity contribution in [3.63, 3.8) is 0 Å². The minimum absolute atomic E-state index is 0.281. The first-order valence-electron chi connectivity index (χ1n) is 7.35. The predicted molar refractivity (Wildman–Crippen MR) is 78.5 cm³/mol. The topological polar surface area (TPSA) is 41.5 Å². The highest BCUT2D eigenvalue weighted by atomic mass is 16.5. The summed E-state index contributed by atoms with van der Waals surface area (Å²) in [5.74, 6) is 0. The number of unbranched alkanes of at least 4 members (excludes halogenated alkanes) is 1. The third-order valence-electron chi connectivity index (χ3n) is 3.74. The molecule has 1 aromatic rings. The molecule has 2 rings (SSSR count). The quantitative estimate of drug-likeness (QED) is 0.743. The lowest BCUT2D eigenvalue weighted by atomic mass is 10.0. The summed E-state index contributed by atoms with van der Waals surface area (Å²) in [5, 5.41) is 12.5. The van der Waals surface area contributed by atoms with Gasteiger partial charge in [-0.25, -0.2) is 0 Å². The molecule has 1 aliphatic rings. The highest BCUT2D eigenvalue weighted by molar-refractivity contribution is 5.45. The van der Waals surface area contributed by atoms with Crippen LogP contribution in [0.3, 0.4) is 0 Å². The van der Waals surface area contributed by atoms with E-state index in [1.54, 1.807) is 0 Å². The number of hydrogen-bond acceptors (Lipinski definition) is 3. The molecule has 1 fully saturated rings. The molecule has 0 saturated carbocycles. The summed E-state index contributed by atoms with van der Waals surface area (Å²) < 4.78 is 5.82. The van der Waals surface area contributed by atoms with Gasteiger partial charge >= 0.3 is 0 Å². The van der Waals surface area contributed by atoms with Crippen LogP contribution in [0.2, 0.25) is 0 Å². The molecule has 3 heteroatoms. The lowest BCUT2D eigenvalue weighted by Crippen LogP contribution is -2.33. The van der Waals surface area contributed by atoms with Crippen LogP contribution in [0.5, 0.6) is 0 Å². The van der Waals surface area contributed by atoms with Crippen molar-refractivity contribution in [2.75, 3.05) is 18.5 Å². The van der Waals surface area contributed by atoms with Crippen LogP contribution in [0, 0.1) is 6.92 Å². The van der Waals surface area contributed by atoms with Gasteiger partial charge in [0.15, 0.2) is 0 Å². The Kier molecular flexibility index (Phi) is 5.67. The van der Waals surface area contributed by atoms with E-state index >= 15 is 0 Å². The highest BCUT2D eigenvalue weighted by Crippen LogP contribution is 2.23. The van der Waals surface area contributed by atoms with Gasteiger partial charge in [0.05, 0.1) is 12.1 Å². The number of benzene rings is 1. The minimum atomic E-state index is 0.281. The molecule has 0 bridgehead atoms. The molecule has 0 amide bonds. The minimum Gasteiger partial charge on any atom is -0.396 e. The lowest BCUT2D eigenvalue weighted by molar-refractivity contribution is 0.0918. The number of ether oxygens (including phenoxy) is 1. The maximum atomic E-state index is 8.91. The van der Waals surface area contributed by atoms with E-state index in [0.717, 1.165) is 44.4 Å². The standard InChI is InChI=1S/C16H25NO2/c1-13-7-9-14(10-8-13)17-15(5-2-3-11-18)16-6-4-12-19-16/h7-10,15-18H,2-6,11-12H2,1H3. The normalized spacial score (nSPS) is 20.4. The number of aliphatic hydroxyl groups is 1. The smallest absolute Gasteiger partial charge is 0.0776 e. The van der Waals surface area contributed by atoms with Gasteiger partial charge in [0.2, 0.25) is 0 Å². The van der Waals surface area contributed by atoms with Crippen molar-refractivity contribution in [3.8, 4) is 0 Å². The second-order valence-corrected chi connectivity index (χ2v) is 5.39. The molecule has 1 heterocycles. The van der Waals surface area contributed by atoms with Crippen molar-refractivity contribution in [1.29, 1.82) is 0 Å². The Bertz CT molecular complexity index is 358. The van der Waals surface area contributed by atoms with E-state index in [0.29, 0.717) is 12.1 Å². The molecular weight excluding hydrogens is 238 g/mol. The fourth-order valence-electron chi connectivity index (χ4n) is 2.61. The van der Waals surface area contributed by atoms with Gasteiger partial charge in [-0.1, -0.05) is 17.7 Å². The lowest BCUT2D eigenvalue weighted by Gasteiger charge is -2.25. The average molecular weight is 263 g/mol. The Hall–Kier alpha value is -1.06. The van der Waals surface area contributed by atoms with Gasteiger partial charge in [0, 0.05) is 18.9 Å². The Labute approximate surface area is 116 Å². The summed E-state index contributed by atoms with van der Waals surface area (Å²) in [7, 11) is 0. The van der Waals surface area contributed by atoms with E-state index in [1.807, 2.05) is 0 Å². The predicted octanol–water partition coefficient (Wildman–Crippen LogP) is 3.12. The van der Waals surface area contributed by atoms with E-state index in [4.69, 9.17) is 9.84 Å². The molecule has 0 aromatic heterocycles. The first-order chi connectivity index (χ1) is 9.29. The fourth-order valence-corrected chi connectivity index (χ4v) is 2.61. The number of aliphatic hydroxyl groups excluding tert-OH is 1. The Morgan fingerprint density at radius 2 is 2.11 bits per heavy atom. The summed E-state index contributed by atoms with van der Waals surface area (Å²) in [6.45, 7) is 3.27. The molecule has 1 saturated heterocycles. The maximum Gasteiger partial charge on any atom is 0.0776 e. The molecule has 106 valence electrons. The molecule has 2 unspecified atom stereocenters. The second kappa shape index (κ2) is 7.51. The molecule has 19 heavy (non-hydrogen) atoms. The van der Waals surface area contributed by atoms with Gasteiger partial charge in [0.25, 0.3) is 0 Å². The van der Waals surface area contributed by atoms with Crippen LogP contribution in [0.4, 0.5) is 5.69 Å². The van der Waals surface area contributed by atoms with Crippen LogP contribution >= 0.6 is 0 Å². The third kappa shape index (κ3) is 4.51. The molecule has 2 atom stereocenters. The van der Waals surface area contributed by atoms with E-state index in [1.165, 1.54) is 5.56 Å². The monoisotopic (exact) mass is 263 g/mol. The van der Waals surface area contributed by atoms with Crippen molar-refractivity contribution in [2.45, 2.75) is 51.2 Å². The van der Waals surface area contributed by atoms with Crippen molar-refractivity contribution in [3.05, 3.63) is 29.8 Å². The molecular formula is C16H25NO2. The van der Waals surface area contributed by atoms with Gasteiger partial charge in [-0.3, -0.25) is 0 Å².